The van der Waals surface area contributed by atoms with Crippen molar-refractivity contribution in [2.75, 3.05) is 12.4 Å². The van der Waals surface area contributed by atoms with E-state index in [1.165, 1.54) is 16.8 Å². The van der Waals surface area contributed by atoms with E-state index in [2.05, 4.69) is 65.4 Å². The highest BCUT2D eigenvalue weighted by Crippen LogP contribution is 2.50. The SMILES string of the molecule is COc1ccccc1C1Nc2ccc(Br)cc2C1(C)C. The van der Waals surface area contributed by atoms with Crippen LogP contribution in [-0.2, 0) is 5.41 Å². The molecular formula is C17H18BrNO. The molecule has 3 heteroatoms. The van der Waals surface area contributed by atoms with Gasteiger partial charge < -0.3 is 10.1 Å². The molecule has 0 aliphatic carbocycles. The van der Waals surface area contributed by atoms with Gasteiger partial charge in [0.05, 0.1) is 13.2 Å². The molecule has 1 aliphatic rings. The third kappa shape index (κ3) is 2.01. The zero-order valence-electron chi connectivity index (χ0n) is 11.9. The summed E-state index contributed by atoms with van der Waals surface area (Å²) < 4.78 is 6.64. The van der Waals surface area contributed by atoms with Gasteiger partial charge >= 0.3 is 0 Å². The lowest BCUT2D eigenvalue weighted by atomic mass is 9.77. The maximum absolute atomic E-state index is 5.52. The number of methoxy groups -OCH3 is 1. The molecule has 2 nitrogen and oxygen atoms in total. The van der Waals surface area contributed by atoms with Crippen LogP contribution in [0.15, 0.2) is 46.9 Å². The Kier molecular flexibility index (Phi) is 3.25. The van der Waals surface area contributed by atoms with E-state index in [9.17, 15) is 0 Å². The predicted octanol–water partition coefficient (Wildman–Crippen LogP) is 4.90. The molecule has 0 amide bonds. The molecule has 0 saturated carbocycles. The standard InChI is InChI=1S/C17H18BrNO/c1-17(2)13-10-11(18)8-9-14(13)19-16(17)12-6-4-5-7-15(12)20-3/h4-10,16,19H,1-3H3. The number of para-hydroxylation sites is 1. The molecule has 1 atom stereocenters. The number of halogens is 1. The van der Waals surface area contributed by atoms with Crippen LogP contribution in [0.2, 0.25) is 0 Å². The van der Waals surface area contributed by atoms with Crippen molar-refractivity contribution in [3.05, 3.63) is 58.1 Å². The summed E-state index contributed by atoms with van der Waals surface area (Å²) in [4.78, 5) is 0. The van der Waals surface area contributed by atoms with Gasteiger partial charge in [-0.2, -0.15) is 0 Å². The van der Waals surface area contributed by atoms with Gasteiger partial charge in [-0.25, -0.2) is 0 Å². The maximum atomic E-state index is 5.52. The lowest BCUT2D eigenvalue weighted by molar-refractivity contribution is 0.393. The summed E-state index contributed by atoms with van der Waals surface area (Å²) in [7, 11) is 1.73. The van der Waals surface area contributed by atoms with Crippen molar-refractivity contribution in [2.45, 2.75) is 25.3 Å². The number of anilines is 1. The van der Waals surface area contributed by atoms with Crippen LogP contribution in [-0.4, -0.2) is 7.11 Å². The van der Waals surface area contributed by atoms with Crippen molar-refractivity contribution in [3.63, 3.8) is 0 Å². The Balaban J connectivity index is 2.10. The third-order valence-electron chi connectivity index (χ3n) is 4.15. The molecule has 0 bridgehead atoms. The van der Waals surface area contributed by atoms with Gasteiger partial charge in [-0.1, -0.05) is 48.0 Å². The molecule has 0 aromatic heterocycles. The van der Waals surface area contributed by atoms with Gasteiger partial charge in [-0.15, -0.1) is 0 Å². The molecule has 0 fully saturated rings. The van der Waals surface area contributed by atoms with Gasteiger partial charge in [-0.05, 0) is 29.8 Å². The fourth-order valence-electron chi connectivity index (χ4n) is 3.04. The van der Waals surface area contributed by atoms with Crippen LogP contribution in [0.3, 0.4) is 0 Å². The summed E-state index contributed by atoms with van der Waals surface area (Å²) in [5, 5.41) is 3.64. The van der Waals surface area contributed by atoms with Gasteiger partial charge in [0.1, 0.15) is 5.75 Å². The molecule has 20 heavy (non-hydrogen) atoms. The van der Waals surface area contributed by atoms with E-state index in [1.54, 1.807) is 7.11 Å². The van der Waals surface area contributed by atoms with Crippen LogP contribution in [0.1, 0.15) is 31.0 Å². The molecule has 1 aliphatic heterocycles. The highest BCUT2D eigenvalue weighted by atomic mass is 79.9. The quantitative estimate of drug-likeness (QED) is 0.844. The van der Waals surface area contributed by atoms with Crippen LogP contribution in [0.4, 0.5) is 5.69 Å². The summed E-state index contributed by atoms with van der Waals surface area (Å²) in [6.45, 7) is 4.55. The second-order valence-corrected chi connectivity index (χ2v) is 6.65. The number of benzene rings is 2. The van der Waals surface area contributed by atoms with Crippen molar-refractivity contribution < 1.29 is 4.74 Å². The fourth-order valence-corrected chi connectivity index (χ4v) is 3.40. The average Bonchev–Trinajstić information content (AvgIpc) is 2.70. The topological polar surface area (TPSA) is 21.3 Å². The average molecular weight is 332 g/mol. The Morgan fingerprint density at radius 2 is 1.90 bits per heavy atom. The molecule has 2 aromatic carbocycles. The van der Waals surface area contributed by atoms with Gasteiger partial charge in [-0.3, -0.25) is 0 Å². The normalized spacial score (nSPS) is 19.3. The highest BCUT2D eigenvalue weighted by molar-refractivity contribution is 9.10. The van der Waals surface area contributed by atoms with E-state index in [-0.39, 0.29) is 11.5 Å². The van der Waals surface area contributed by atoms with E-state index < -0.39 is 0 Å². The predicted molar refractivity (Wildman–Crippen MR) is 86.5 cm³/mol. The molecule has 0 radical (unpaired) electrons. The second-order valence-electron chi connectivity index (χ2n) is 5.73. The number of fused-ring (bicyclic) bond motifs is 1. The lowest BCUT2D eigenvalue weighted by Crippen LogP contribution is -2.25. The number of hydrogen-bond acceptors (Lipinski definition) is 2. The van der Waals surface area contributed by atoms with E-state index in [1.807, 2.05) is 12.1 Å². The van der Waals surface area contributed by atoms with Crippen molar-refractivity contribution in [1.29, 1.82) is 0 Å². The zero-order valence-corrected chi connectivity index (χ0v) is 13.5. The molecule has 1 unspecified atom stereocenters. The molecule has 3 rings (SSSR count). The minimum absolute atomic E-state index is 0.00769. The minimum atomic E-state index is 0.00769. The summed E-state index contributed by atoms with van der Waals surface area (Å²) in [6.07, 6.45) is 0. The van der Waals surface area contributed by atoms with Gasteiger partial charge in [0.15, 0.2) is 0 Å². The van der Waals surface area contributed by atoms with Crippen molar-refractivity contribution in [1.82, 2.24) is 0 Å². The van der Waals surface area contributed by atoms with Crippen LogP contribution in [0.25, 0.3) is 0 Å². The Hall–Kier alpha value is -1.48. The Morgan fingerprint density at radius 3 is 2.65 bits per heavy atom. The summed E-state index contributed by atoms with van der Waals surface area (Å²) >= 11 is 3.57. The minimum Gasteiger partial charge on any atom is -0.496 e. The van der Waals surface area contributed by atoms with Crippen LogP contribution in [0.5, 0.6) is 5.75 Å². The smallest absolute Gasteiger partial charge is 0.124 e. The molecular weight excluding hydrogens is 314 g/mol. The monoisotopic (exact) mass is 331 g/mol. The van der Waals surface area contributed by atoms with Gasteiger partial charge in [0, 0.05) is 21.1 Å². The van der Waals surface area contributed by atoms with Crippen molar-refractivity contribution >= 4 is 21.6 Å². The van der Waals surface area contributed by atoms with E-state index in [0.29, 0.717) is 0 Å². The van der Waals surface area contributed by atoms with E-state index in [4.69, 9.17) is 4.74 Å². The van der Waals surface area contributed by atoms with Gasteiger partial charge in [0.2, 0.25) is 0 Å². The van der Waals surface area contributed by atoms with Gasteiger partial charge in [0.25, 0.3) is 0 Å². The molecule has 1 N–H and O–H groups in total. The Morgan fingerprint density at radius 1 is 1.15 bits per heavy atom. The Labute approximate surface area is 128 Å². The van der Waals surface area contributed by atoms with E-state index >= 15 is 0 Å². The molecule has 104 valence electrons. The number of rotatable bonds is 2. The largest absolute Gasteiger partial charge is 0.496 e. The number of ether oxygens (including phenoxy) is 1. The number of nitrogens with one attached hydrogen (secondary N) is 1. The van der Waals surface area contributed by atoms with Crippen molar-refractivity contribution in [3.8, 4) is 5.75 Å². The summed E-state index contributed by atoms with van der Waals surface area (Å²) in [5.41, 5.74) is 3.75. The molecule has 0 saturated heterocycles. The first kappa shape index (κ1) is 13.5. The highest BCUT2D eigenvalue weighted by Gasteiger charge is 2.41. The van der Waals surface area contributed by atoms with E-state index in [0.717, 1.165) is 10.2 Å². The summed E-state index contributed by atoms with van der Waals surface area (Å²) in [5.74, 6) is 0.935. The van der Waals surface area contributed by atoms with Crippen LogP contribution < -0.4 is 10.1 Å². The van der Waals surface area contributed by atoms with Crippen LogP contribution >= 0.6 is 15.9 Å². The van der Waals surface area contributed by atoms with Crippen LogP contribution in [0, 0.1) is 0 Å². The third-order valence-corrected chi connectivity index (χ3v) is 4.64. The summed E-state index contributed by atoms with van der Waals surface area (Å²) in [6, 6.07) is 14.9. The first-order chi connectivity index (χ1) is 9.54. The molecule has 2 aromatic rings. The molecule has 1 heterocycles. The number of hydrogen-bond donors (Lipinski definition) is 1. The molecule has 0 spiro atoms. The first-order valence-electron chi connectivity index (χ1n) is 6.73. The lowest BCUT2D eigenvalue weighted by Gasteiger charge is -2.29. The maximum Gasteiger partial charge on any atom is 0.124 e. The fraction of sp³-hybridized carbons (Fsp3) is 0.294. The van der Waals surface area contributed by atoms with Crippen molar-refractivity contribution in [2.24, 2.45) is 0 Å². The second kappa shape index (κ2) is 4.81. The first-order valence-corrected chi connectivity index (χ1v) is 7.53. The Bertz CT molecular complexity index is 651. The zero-order chi connectivity index (χ0) is 14.3.